The highest BCUT2D eigenvalue weighted by atomic mass is 79.9. The molecule has 2 aromatic rings. The second-order valence-electron chi connectivity index (χ2n) is 4.14. The Balaban J connectivity index is 2.26. The summed E-state index contributed by atoms with van der Waals surface area (Å²) in [6.45, 7) is 1.78. The molecule has 0 radical (unpaired) electrons. The average Bonchev–Trinajstić information content (AvgIpc) is 2.43. The third-order valence-electron chi connectivity index (χ3n) is 2.67. The topological polar surface area (TPSA) is 85.1 Å². The monoisotopic (exact) mass is 369 g/mol. The molecule has 0 aliphatic heterocycles. The van der Waals surface area contributed by atoms with Crippen LogP contribution in [0.15, 0.2) is 34.8 Å². The van der Waals surface area contributed by atoms with E-state index in [0.717, 1.165) is 16.2 Å². The number of nitro benzene ring substituents is 1. The lowest BCUT2D eigenvalue weighted by atomic mass is 10.2. The molecule has 1 N–H and O–H groups in total. The Morgan fingerprint density at radius 2 is 2.10 bits per heavy atom. The summed E-state index contributed by atoms with van der Waals surface area (Å²) in [5, 5.41) is 13.4. The minimum Gasteiger partial charge on any atom is -0.307 e. The van der Waals surface area contributed by atoms with Crippen molar-refractivity contribution in [1.29, 1.82) is 0 Å². The number of halogens is 2. The molecule has 21 heavy (non-hydrogen) atoms. The van der Waals surface area contributed by atoms with Crippen LogP contribution >= 0.6 is 27.5 Å². The minimum atomic E-state index is -0.638. The van der Waals surface area contributed by atoms with E-state index in [1.54, 1.807) is 19.1 Å². The zero-order valence-electron chi connectivity index (χ0n) is 10.8. The van der Waals surface area contributed by atoms with Crippen LogP contribution in [0.4, 0.5) is 11.5 Å². The maximum atomic E-state index is 12.1. The molecule has 0 bridgehead atoms. The number of aromatic nitrogens is 1. The normalized spacial score (nSPS) is 10.2. The van der Waals surface area contributed by atoms with E-state index in [1.807, 2.05) is 0 Å². The molecule has 0 aliphatic rings. The third-order valence-corrected chi connectivity index (χ3v) is 3.83. The number of carbonyl (C=O) groups excluding carboxylic acids is 1. The van der Waals surface area contributed by atoms with E-state index >= 15 is 0 Å². The lowest BCUT2D eigenvalue weighted by Crippen LogP contribution is -2.13. The number of hydrogen-bond acceptors (Lipinski definition) is 4. The molecular formula is C13H9BrClN3O3. The standard InChI is InChI=1S/C13H9BrClN3O3/c1-7-9(14)3-5-12(16-7)17-13(19)8-2-4-10(15)11(6-8)18(20)21/h2-6H,1H3,(H,16,17,19). The highest BCUT2D eigenvalue weighted by molar-refractivity contribution is 9.10. The summed E-state index contributed by atoms with van der Waals surface area (Å²) >= 11 is 9.01. The molecule has 8 heteroatoms. The maximum absolute atomic E-state index is 12.1. The summed E-state index contributed by atoms with van der Waals surface area (Å²) in [4.78, 5) is 26.4. The van der Waals surface area contributed by atoms with Gasteiger partial charge in [-0.3, -0.25) is 14.9 Å². The molecule has 0 fully saturated rings. The number of hydrogen-bond donors (Lipinski definition) is 1. The van der Waals surface area contributed by atoms with Crippen molar-refractivity contribution in [2.45, 2.75) is 6.92 Å². The van der Waals surface area contributed by atoms with Gasteiger partial charge in [0, 0.05) is 16.1 Å². The van der Waals surface area contributed by atoms with Crippen LogP contribution in [0.25, 0.3) is 0 Å². The fourth-order valence-electron chi connectivity index (χ4n) is 1.60. The van der Waals surface area contributed by atoms with E-state index < -0.39 is 10.8 Å². The van der Waals surface area contributed by atoms with Gasteiger partial charge in [0.15, 0.2) is 0 Å². The third kappa shape index (κ3) is 3.56. The van der Waals surface area contributed by atoms with Crippen LogP contribution in [-0.4, -0.2) is 15.8 Å². The summed E-state index contributed by atoms with van der Waals surface area (Å²) < 4.78 is 0.822. The van der Waals surface area contributed by atoms with Crippen LogP contribution in [0.1, 0.15) is 16.1 Å². The number of nitrogens with one attached hydrogen (secondary N) is 1. The number of amides is 1. The molecule has 2 rings (SSSR count). The van der Waals surface area contributed by atoms with Gasteiger partial charge in [-0.05, 0) is 47.1 Å². The van der Waals surface area contributed by atoms with Crippen molar-refractivity contribution >= 4 is 44.9 Å². The van der Waals surface area contributed by atoms with Crippen LogP contribution in [0.5, 0.6) is 0 Å². The van der Waals surface area contributed by atoms with E-state index in [1.165, 1.54) is 12.1 Å². The molecule has 1 amide bonds. The molecule has 0 atom stereocenters. The van der Waals surface area contributed by atoms with Crippen molar-refractivity contribution in [3.8, 4) is 0 Å². The van der Waals surface area contributed by atoms with Gasteiger partial charge in [0.1, 0.15) is 10.8 Å². The van der Waals surface area contributed by atoms with Crippen LogP contribution in [0, 0.1) is 17.0 Å². The summed E-state index contributed by atoms with van der Waals surface area (Å²) in [7, 11) is 0. The number of carbonyl (C=O) groups is 1. The molecule has 108 valence electrons. The Kier molecular flexibility index (Phi) is 4.54. The molecule has 0 spiro atoms. The Bertz CT molecular complexity index is 737. The molecule has 1 aromatic heterocycles. The van der Waals surface area contributed by atoms with Gasteiger partial charge in [-0.1, -0.05) is 11.6 Å². The van der Waals surface area contributed by atoms with Crippen molar-refractivity contribution in [3.05, 3.63) is 61.2 Å². The predicted octanol–water partition coefficient (Wildman–Crippen LogP) is 3.97. The number of rotatable bonds is 3. The van der Waals surface area contributed by atoms with Gasteiger partial charge in [0.05, 0.1) is 10.6 Å². The van der Waals surface area contributed by atoms with Gasteiger partial charge in [0.25, 0.3) is 11.6 Å². The Hall–Kier alpha value is -1.99. The predicted molar refractivity (Wildman–Crippen MR) is 82.7 cm³/mol. The quantitative estimate of drug-likeness (QED) is 0.654. The first kappa shape index (κ1) is 15.4. The van der Waals surface area contributed by atoms with E-state index in [4.69, 9.17) is 11.6 Å². The van der Waals surface area contributed by atoms with Crippen molar-refractivity contribution in [3.63, 3.8) is 0 Å². The van der Waals surface area contributed by atoms with Crippen molar-refractivity contribution in [1.82, 2.24) is 4.98 Å². The SMILES string of the molecule is Cc1nc(NC(=O)c2ccc(Cl)c([N+](=O)[O-])c2)ccc1Br. The molecule has 0 saturated heterocycles. The zero-order chi connectivity index (χ0) is 15.6. The Morgan fingerprint density at radius 3 is 2.71 bits per heavy atom. The Labute approximate surface area is 133 Å². The minimum absolute atomic E-state index is 0.0193. The van der Waals surface area contributed by atoms with E-state index in [9.17, 15) is 14.9 Å². The van der Waals surface area contributed by atoms with E-state index in [2.05, 4.69) is 26.2 Å². The summed E-state index contributed by atoms with van der Waals surface area (Å²) in [6.07, 6.45) is 0. The summed E-state index contributed by atoms with van der Waals surface area (Å²) in [5.41, 5.74) is 0.535. The number of nitrogens with zero attached hydrogens (tertiary/aromatic N) is 2. The molecule has 1 aromatic carbocycles. The highest BCUT2D eigenvalue weighted by Gasteiger charge is 2.16. The number of benzene rings is 1. The molecule has 6 nitrogen and oxygen atoms in total. The number of pyridine rings is 1. The van der Waals surface area contributed by atoms with Crippen molar-refractivity contribution < 1.29 is 9.72 Å². The fourth-order valence-corrected chi connectivity index (χ4v) is 2.00. The van der Waals surface area contributed by atoms with Crippen molar-refractivity contribution in [2.75, 3.05) is 5.32 Å². The first-order valence-corrected chi connectivity index (χ1v) is 6.94. The van der Waals surface area contributed by atoms with Crippen LogP contribution in [-0.2, 0) is 0 Å². The van der Waals surface area contributed by atoms with Gasteiger partial charge in [-0.2, -0.15) is 0 Å². The Morgan fingerprint density at radius 1 is 1.38 bits per heavy atom. The summed E-state index contributed by atoms with van der Waals surface area (Å²) in [6, 6.07) is 7.23. The van der Waals surface area contributed by atoms with Gasteiger partial charge in [-0.25, -0.2) is 4.98 Å². The van der Waals surface area contributed by atoms with Gasteiger partial charge in [-0.15, -0.1) is 0 Å². The van der Waals surface area contributed by atoms with Crippen LogP contribution in [0.2, 0.25) is 5.02 Å². The molecular weight excluding hydrogens is 362 g/mol. The second kappa shape index (κ2) is 6.19. The lowest BCUT2D eigenvalue weighted by molar-refractivity contribution is -0.384. The molecule has 0 aliphatic carbocycles. The van der Waals surface area contributed by atoms with Crippen molar-refractivity contribution in [2.24, 2.45) is 0 Å². The highest BCUT2D eigenvalue weighted by Crippen LogP contribution is 2.25. The largest absolute Gasteiger partial charge is 0.307 e. The molecule has 1 heterocycles. The molecule has 0 saturated carbocycles. The lowest BCUT2D eigenvalue weighted by Gasteiger charge is -2.06. The van der Waals surface area contributed by atoms with Gasteiger partial charge >= 0.3 is 0 Å². The second-order valence-corrected chi connectivity index (χ2v) is 5.40. The fraction of sp³-hybridized carbons (Fsp3) is 0.0769. The maximum Gasteiger partial charge on any atom is 0.288 e. The van der Waals surface area contributed by atoms with Gasteiger partial charge in [0.2, 0.25) is 0 Å². The number of aryl methyl sites for hydroxylation is 1. The zero-order valence-corrected chi connectivity index (χ0v) is 13.1. The average molecular weight is 371 g/mol. The van der Waals surface area contributed by atoms with E-state index in [0.29, 0.717) is 5.82 Å². The van der Waals surface area contributed by atoms with Crippen LogP contribution in [0.3, 0.4) is 0 Å². The van der Waals surface area contributed by atoms with E-state index in [-0.39, 0.29) is 16.3 Å². The first-order chi connectivity index (χ1) is 9.88. The smallest absolute Gasteiger partial charge is 0.288 e. The summed E-state index contributed by atoms with van der Waals surface area (Å²) in [5.74, 6) is -0.137. The number of anilines is 1. The molecule has 0 unspecified atom stereocenters. The first-order valence-electron chi connectivity index (χ1n) is 5.77. The number of nitro groups is 1. The van der Waals surface area contributed by atoms with Crippen LogP contribution < -0.4 is 5.32 Å². The van der Waals surface area contributed by atoms with Gasteiger partial charge < -0.3 is 5.32 Å².